The van der Waals surface area contributed by atoms with Crippen LogP contribution in [0.4, 0.5) is 5.69 Å². The van der Waals surface area contributed by atoms with Gasteiger partial charge in [-0.15, -0.1) is 0 Å². The van der Waals surface area contributed by atoms with Gasteiger partial charge in [0.2, 0.25) is 5.91 Å². The van der Waals surface area contributed by atoms with Crippen LogP contribution in [-0.4, -0.2) is 41.8 Å². The molecule has 0 bridgehead atoms. The highest BCUT2D eigenvalue weighted by molar-refractivity contribution is 6.64. The third-order valence-electron chi connectivity index (χ3n) is 5.21. The van der Waals surface area contributed by atoms with Gasteiger partial charge in [-0.3, -0.25) is 9.59 Å². The molecule has 1 amide bonds. The van der Waals surface area contributed by atoms with Crippen molar-refractivity contribution in [1.29, 1.82) is 0 Å². The van der Waals surface area contributed by atoms with Gasteiger partial charge in [-0.25, -0.2) is 0 Å². The third-order valence-corrected chi connectivity index (χ3v) is 5.21. The molecule has 6 nitrogen and oxygen atoms in total. The zero-order valence-electron chi connectivity index (χ0n) is 14.4. The zero-order chi connectivity index (χ0) is 17.7. The lowest BCUT2D eigenvalue weighted by molar-refractivity contribution is -0.141. The minimum atomic E-state index is -0.945. The van der Waals surface area contributed by atoms with Crippen molar-refractivity contribution < 1.29 is 24.0 Å². The predicted octanol–water partition coefficient (Wildman–Crippen LogP) is 1.42. The number of aliphatic carboxylic acids is 1. The van der Waals surface area contributed by atoms with E-state index in [2.05, 4.69) is 0 Å². The number of carbonyl (C=O) groups is 2. The summed E-state index contributed by atoms with van der Waals surface area (Å²) in [6.07, 6.45) is 0.0209. The summed E-state index contributed by atoms with van der Waals surface area (Å²) >= 11 is 0. The Balaban J connectivity index is 1.93. The summed E-state index contributed by atoms with van der Waals surface area (Å²) in [5.41, 5.74) is 0.438. The lowest BCUT2D eigenvalue weighted by Gasteiger charge is -2.32. The normalized spacial score (nSPS) is 25.3. The van der Waals surface area contributed by atoms with Crippen molar-refractivity contribution in [3.05, 3.63) is 24.3 Å². The molecular formula is C17H22BNO5. The summed E-state index contributed by atoms with van der Waals surface area (Å²) in [7, 11) is -0.595. The van der Waals surface area contributed by atoms with E-state index in [1.165, 1.54) is 4.90 Å². The molecule has 0 radical (unpaired) electrons. The van der Waals surface area contributed by atoms with Crippen LogP contribution in [0.25, 0.3) is 0 Å². The van der Waals surface area contributed by atoms with Crippen LogP contribution in [0.3, 0.4) is 0 Å². The summed E-state index contributed by atoms with van der Waals surface area (Å²) < 4.78 is 12.2. The van der Waals surface area contributed by atoms with Crippen molar-refractivity contribution in [2.75, 3.05) is 11.4 Å². The van der Waals surface area contributed by atoms with Gasteiger partial charge in [-0.2, -0.15) is 0 Å². The number of hydrogen-bond acceptors (Lipinski definition) is 4. The highest BCUT2D eigenvalue weighted by Crippen LogP contribution is 2.37. The minimum absolute atomic E-state index is 0.0209. The van der Waals surface area contributed by atoms with Crippen LogP contribution in [-0.2, 0) is 18.9 Å². The topological polar surface area (TPSA) is 76.1 Å². The highest BCUT2D eigenvalue weighted by Gasteiger charge is 2.52. The van der Waals surface area contributed by atoms with Crippen LogP contribution in [0.1, 0.15) is 34.1 Å². The maximum atomic E-state index is 12.3. The van der Waals surface area contributed by atoms with E-state index in [0.717, 1.165) is 5.46 Å². The van der Waals surface area contributed by atoms with Crippen molar-refractivity contribution in [3.8, 4) is 0 Å². The number of nitrogens with zero attached hydrogens (tertiary/aromatic N) is 1. The van der Waals surface area contributed by atoms with E-state index in [0.29, 0.717) is 5.69 Å². The molecule has 2 aliphatic rings. The van der Waals surface area contributed by atoms with Gasteiger partial charge in [-0.05, 0) is 33.8 Å². The number of amides is 1. The first-order valence-electron chi connectivity index (χ1n) is 8.10. The summed E-state index contributed by atoms with van der Waals surface area (Å²) in [5.74, 6) is -1.81. The molecule has 2 saturated heterocycles. The Labute approximate surface area is 141 Å². The molecule has 1 atom stereocenters. The number of carbonyl (C=O) groups excluding carboxylic acids is 1. The van der Waals surface area contributed by atoms with Crippen LogP contribution >= 0.6 is 0 Å². The fraction of sp³-hybridized carbons (Fsp3) is 0.529. The van der Waals surface area contributed by atoms with E-state index in [1.807, 2.05) is 52.0 Å². The molecule has 1 N–H and O–H groups in total. The van der Waals surface area contributed by atoms with Crippen molar-refractivity contribution in [3.63, 3.8) is 0 Å². The van der Waals surface area contributed by atoms with Gasteiger partial charge in [0.25, 0.3) is 0 Å². The van der Waals surface area contributed by atoms with Gasteiger partial charge in [-0.1, -0.05) is 18.2 Å². The Morgan fingerprint density at radius 2 is 1.79 bits per heavy atom. The molecule has 0 unspecified atom stereocenters. The fourth-order valence-corrected chi connectivity index (χ4v) is 3.01. The summed E-state index contributed by atoms with van der Waals surface area (Å²) in [4.78, 5) is 25.0. The second-order valence-corrected chi connectivity index (χ2v) is 7.39. The van der Waals surface area contributed by atoms with Crippen LogP contribution in [0.15, 0.2) is 24.3 Å². The largest absolute Gasteiger partial charge is 0.496 e. The Morgan fingerprint density at radius 3 is 2.33 bits per heavy atom. The molecule has 7 heteroatoms. The molecule has 2 aliphatic heterocycles. The lowest BCUT2D eigenvalue weighted by Crippen LogP contribution is -2.41. The molecule has 0 aromatic heterocycles. The van der Waals surface area contributed by atoms with Gasteiger partial charge in [0, 0.05) is 24.1 Å². The van der Waals surface area contributed by atoms with Crippen molar-refractivity contribution in [1.82, 2.24) is 0 Å². The molecule has 0 spiro atoms. The van der Waals surface area contributed by atoms with Gasteiger partial charge >= 0.3 is 13.1 Å². The average Bonchev–Trinajstić information content (AvgIpc) is 2.97. The third kappa shape index (κ3) is 2.72. The van der Waals surface area contributed by atoms with E-state index in [1.54, 1.807) is 0 Å². The Kier molecular flexibility index (Phi) is 3.96. The van der Waals surface area contributed by atoms with Gasteiger partial charge in [0.1, 0.15) is 0 Å². The SMILES string of the molecule is CC1(C)OB(c2ccccc2N2C[C@H](C(=O)O)CC2=O)OC1(C)C. The maximum absolute atomic E-state index is 12.3. The quantitative estimate of drug-likeness (QED) is 0.848. The van der Waals surface area contributed by atoms with Gasteiger partial charge in [0.15, 0.2) is 0 Å². The highest BCUT2D eigenvalue weighted by atomic mass is 16.7. The minimum Gasteiger partial charge on any atom is -0.481 e. The molecule has 1 aromatic rings. The van der Waals surface area contributed by atoms with Crippen LogP contribution < -0.4 is 10.4 Å². The van der Waals surface area contributed by atoms with Crippen LogP contribution in [0.2, 0.25) is 0 Å². The number of benzene rings is 1. The van der Waals surface area contributed by atoms with Crippen molar-refractivity contribution in [2.45, 2.75) is 45.3 Å². The number of carboxylic acids is 1. The first-order valence-corrected chi connectivity index (χ1v) is 8.10. The van der Waals surface area contributed by atoms with Gasteiger partial charge in [0.05, 0.1) is 17.1 Å². The molecule has 3 rings (SSSR count). The Morgan fingerprint density at radius 1 is 1.21 bits per heavy atom. The number of hydrogen-bond donors (Lipinski definition) is 1. The molecule has 1 aromatic carbocycles. The first kappa shape index (κ1) is 17.0. The number of anilines is 1. The Bertz CT molecular complexity index is 671. The average molecular weight is 331 g/mol. The van der Waals surface area contributed by atoms with E-state index in [9.17, 15) is 14.7 Å². The molecule has 128 valence electrons. The van der Waals surface area contributed by atoms with E-state index >= 15 is 0 Å². The second kappa shape index (κ2) is 5.60. The van der Waals surface area contributed by atoms with Gasteiger partial charge < -0.3 is 19.3 Å². The molecule has 24 heavy (non-hydrogen) atoms. The van der Waals surface area contributed by atoms with Crippen LogP contribution in [0, 0.1) is 5.92 Å². The molecular weight excluding hydrogens is 309 g/mol. The number of rotatable bonds is 3. The fourth-order valence-electron chi connectivity index (χ4n) is 3.01. The van der Waals surface area contributed by atoms with Crippen LogP contribution in [0.5, 0.6) is 0 Å². The molecule has 2 fully saturated rings. The summed E-state index contributed by atoms with van der Waals surface area (Å²) in [6.45, 7) is 8.05. The summed E-state index contributed by atoms with van der Waals surface area (Å²) in [6, 6.07) is 7.35. The van der Waals surface area contributed by atoms with E-state index < -0.39 is 30.2 Å². The predicted molar refractivity (Wildman–Crippen MR) is 90.3 cm³/mol. The Hall–Kier alpha value is -1.86. The maximum Gasteiger partial charge on any atom is 0.496 e. The smallest absolute Gasteiger partial charge is 0.481 e. The number of para-hydroxylation sites is 1. The molecule has 2 heterocycles. The molecule has 0 saturated carbocycles. The first-order chi connectivity index (χ1) is 11.1. The second-order valence-electron chi connectivity index (χ2n) is 7.39. The summed E-state index contributed by atoms with van der Waals surface area (Å²) in [5, 5.41) is 9.19. The zero-order valence-corrected chi connectivity index (χ0v) is 14.4. The molecule has 0 aliphatic carbocycles. The lowest BCUT2D eigenvalue weighted by atomic mass is 9.77. The van der Waals surface area contributed by atoms with E-state index in [-0.39, 0.29) is 18.9 Å². The number of carboxylic acid groups (broad SMARTS) is 1. The monoisotopic (exact) mass is 331 g/mol. The standard InChI is InChI=1S/C17H22BNO5/c1-16(2)17(3,4)24-18(23-16)12-7-5-6-8-13(12)19-10-11(15(21)22)9-14(19)20/h5-8,11H,9-10H2,1-4H3,(H,21,22)/t11-/m1/s1. The van der Waals surface area contributed by atoms with Crippen molar-refractivity contribution >= 4 is 30.1 Å². The van der Waals surface area contributed by atoms with E-state index in [4.69, 9.17) is 9.31 Å². The van der Waals surface area contributed by atoms with Crippen molar-refractivity contribution in [2.24, 2.45) is 5.92 Å².